The van der Waals surface area contributed by atoms with Gasteiger partial charge in [0.25, 0.3) is 0 Å². The van der Waals surface area contributed by atoms with Gasteiger partial charge >= 0.3 is 0 Å². The van der Waals surface area contributed by atoms with Crippen molar-refractivity contribution in [3.05, 3.63) is 0 Å². The normalized spacial score (nSPS) is 20.3. The average molecular weight is 169 g/mol. The van der Waals surface area contributed by atoms with E-state index in [1.165, 1.54) is 0 Å². The fraction of sp³-hybridized carbons (Fsp3) is 0.900. The van der Waals surface area contributed by atoms with E-state index < -0.39 is 0 Å². The molecule has 0 aromatic carbocycles. The van der Waals surface area contributed by atoms with E-state index in [1.54, 1.807) is 0 Å². The first-order valence-corrected chi connectivity index (χ1v) is 4.71. The largest absolute Gasteiger partial charge is 0.353 e. The van der Waals surface area contributed by atoms with Gasteiger partial charge in [0.2, 0.25) is 5.91 Å². The molecule has 0 spiro atoms. The van der Waals surface area contributed by atoms with E-state index in [1.807, 2.05) is 0 Å². The summed E-state index contributed by atoms with van der Waals surface area (Å²) >= 11 is 0. The summed E-state index contributed by atoms with van der Waals surface area (Å²) in [6, 6.07) is 0.269. The van der Waals surface area contributed by atoms with E-state index in [9.17, 15) is 4.79 Å². The summed E-state index contributed by atoms with van der Waals surface area (Å²) < 4.78 is 0. The minimum atomic E-state index is 0.171. The molecule has 1 aliphatic carbocycles. The molecule has 0 aromatic heterocycles. The lowest BCUT2D eigenvalue weighted by molar-refractivity contribution is -0.123. The first kappa shape index (κ1) is 9.56. The molecule has 1 aliphatic rings. The molecule has 1 N–H and O–H groups in total. The maximum Gasteiger partial charge on any atom is 0.223 e. The summed E-state index contributed by atoms with van der Waals surface area (Å²) in [5.74, 6) is 0.576. The van der Waals surface area contributed by atoms with Crippen LogP contribution in [0.4, 0.5) is 0 Å². The predicted molar refractivity (Wildman–Crippen MR) is 49.8 cm³/mol. The number of amides is 1. The van der Waals surface area contributed by atoms with E-state index in [0.717, 1.165) is 12.8 Å². The van der Waals surface area contributed by atoms with Crippen molar-refractivity contribution in [1.29, 1.82) is 0 Å². The van der Waals surface area contributed by atoms with Crippen LogP contribution in [0.15, 0.2) is 0 Å². The van der Waals surface area contributed by atoms with Crippen LogP contribution < -0.4 is 5.32 Å². The van der Waals surface area contributed by atoms with E-state index in [2.05, 4.69) is 33.0 Å². The Hall–Kier alpha value is -0.530. The molecule has 0 aliphatic heterocycles. The lowest BCUT2D eigenvalue weighted by Crippen LogP contribution is -2.42. The molecule has 1 saturated carbocycles. The molecule has 2 heteroatoms. The topological polar surface area (TPSA) is 29.1 Å². The van der Waals surface area contributed by atoms with Crippen LogP contribution in [0.25, 0.3) is 0 Å². The minimum absolute atomic E-state index is 0.171. The van der Waals surface area contributed by atoms with Crippen molar-refractivity contribution in [1.82, 2.24) is 5.32 Å². The molecule has 1 atom stereocenters. The van der Waals surface area contributed by atoms with Crippen LogP contribution in [-0.2, 0) is 4.79 Å². The Bertz CT molecular complexity index is 177. The Morgan fingerprint density at radius 3 is 2.25 bits per heavy atom. The Kier molecular flexibility index (Phi) is 2.45. The maximum absolute atomic E-state index is 11.4. The Morgan fingerprint density at radius 1 is 1.42 bits per heavy atom. The smallest absolute Gasteiger partial charge is 0.223 e. The summed E-state index contributed by atoms with van der Waals surface area (Å²) in [4.78, 5) is 11.4. The number of carbonyl (C=O) groups is 1. The average Bonchev–Trinajstić information content (AvgIpc) is 2.65. The van der Waals surface area contributed by atoms with Gasteiger partial charge in [0, 0.05) is 12.0 Å². The SMILES string of the molecule is CC(NC(=O)C1CC1)C(C)(C)C. The van der Waals surface area contributed by atoms with Gasteiger partial charge in [0.15, 0.2) is 0 Å². The van der Waals surface area contributed by atoms with Crippen LogP contribution in [0.2, 0.25) is 0 Å². The van der Waals surface area contributed by atoms with Gasteiger partial charge < -0.3 is 5.32 Å². The third-order valence-corrected chi connectivity index (χ3v) is 2.61. The summed E-state index contributed by atoms with van der Waals surface area (Å²) in [7, 11) is 0. The molecule has 0 aromatic rings. The predicted octanol–water partition coefficient (Wildman–Crippen LogP) is 1.95. The zero-order valence-corrected chi connectivity index (χ0v) is 8.48. The van der Waals surface area contributed by atoms with Crippen LogP contribution in [0.1, 0.15) is 40.5 Å². The fourth-order valence-electron chi connectivity index (χ4n) is 0.893. The zero-order chi connectivity index (χ0) is 9.35. The lowest BCUT2D eigenvalue weighted by atomic mass is 9.88. The van der Waals surface area contributed by atoms with Crippen molar-refractivity contribution in [2.24, 2.45) is 11.3 Å². The highest BCUT2D eigenvalue weighted by atomic mass is 16.2. The van der Waals surface area contributed by atoms with E-state index in [0.29, 0.717) is 5.92 Å². The number of rotatable bonds is 2. The van der Waals surface area contributed by atoms with Gasteiger partial charge in [-0.1, -0.05) is 20.8 Å². The van der Waals surface area contributed by atoms with E-state index in [4.69, 9.17) is 0 Å². The highest BCUT2D eigenvalue weighted by Gasteiger charge is 2.32. The molecule has 12 heavy (non-hydrogen) atoms. The molecule has 0 radical (unpaired) electrons. The molecule has 1 rings (SSSR count). The van der Waals surface area contributed by atoms with Gasteiger partial charge in [0.05, 0.1) is 0 Å². The van der Waals surface area contributed by atoms with Crippen LogP contribution in [0.5, 0.6) is 0 Å². The van der Waals surface area contributed by atoms with E-state index in [-0.39, 0.29) is 17.4 Å². The Balaban J connectivity index is 2.34. The van der Waals surface area contributed by atoms with Crippen LogP contribution in [-0.4, -0.2) is 11.9 Å². The molecule has 1 amide bonds. The summed E-state index contributed by atoms with van der Waals surface area (Å²) in [6.45, 7) is 8.50. The number of hydrogen-bond donors (Lipinski definition) is 1. The lowest BCUT2D eigenvalue weighted by Gasteiger charge is -2.28. The Morgan fingerprint density at radius 2 is 1.92 bits per heavy atom. The van der Waals surface area contributed by atoms with Gasteiger partial charge in [0.1, 0.15) is 0 Å². The first-order valence-electron chi connectivity index (χ1n) is 4.71. The monoisotopic (exact) mass is 169 g/mol. The van der Waals surface area contributed by atoms with Gasteiger partial charge in [-0.05, 0) is 25.2 Å². The van der Waals surface area contributed by atoms with Crippen molar-refractivity contribution >= 4 is 5.91 Å². The Labute approximate surface area is 74.7 Å². The highest BCUT2D eigenvalue weighted by molar-refractivity contribution is 5.81. The van der Waals surface area contributed by atoms with Gasteiger partial charge in [-0.2, -0.15) is 0 Å². The summed E-state index contributed by atoms with van der Waals surface area (Å²) in [6.07, 6.45) is 2.17. The zero-order valence-electron chi connectivity index (χ0n) is 8.48. The highest BCUT2D eigenvalue weighted by Crippen LogP contribution is 2.29. The molecule has 0 saturated heterocycles. The maximum atomic E-state index is 11.4. The van der Waals surface area contributed by atoms with Crippen molar-refractivity contribution in [2.45, 2.75) is 46.6 Å². The fourth-order valence-corrected chi connectivity index (χ4v) is 0.893. The quantitative estimate of drug-likeness (QED) is 0.672. The molecule has 2 nitrogen and oxygen atoms in total. The second-order valence-corrected chi connectivity index (χ2v) is 4.87. The molecule has 0 bridgehead atoms. The third-order valence-electron chi connectivity index (χ3n) is 2.61. The number of carbonyl (C=O) groups excluding carboxylic acids is 1. The van der Waals surface area contributed by atoms with Gasteiger partial charge in [-0.3, -0.25) is 4.79 Å². The van der Waals surface area contributed by atoms with Crippen molar-refractivity contribution < 1.29 is 4.79 Å². The molecular formula is C10H19NO. The van der Waals surface area contributed by atoms with E-state index >= 15 is 0 Å². The summed E-state index contributed by atoms with van der Waals surface area (Å²) in [5.41, 5.74) is 0.171. The summed E-state index contributed by atoms with van der Waals surface area (Å²) in [5, 5.41) is 3.04. The number of hydrogen-bond acceptors (Lipinski definition) is 1. The van der Waals surface area contributed by atoms with Gasteiger partial charge in [-0.25, -0.2) is 0 Å². The van der Waals surface area contributed by atoms with Crippen LogP contribution >= 0.6 is 0 Å². The van der Waals surface area contributed by atoms with Crippen LogP contribution in [0, 0.1) is 11.3 Å². The molecule has 1 unspecified atom stereocenters. The molecule has 0 heterocycles. The second kappa shape index (κ2) is 3.08. The minimum Gasteiger partial charge on any atom is -0.353 e. The van der Waals surface area contributed by atoms with Crippen molar-refractivity contribution in [3.63, 3.8) is 0 Å². The number of nitrogens with one attached hydrogen (secondary N) is 1. The molecule has 70 valence electrons. The van der Waals surface area contributed by atoms with Crippen molar-refractivity contribution in [3.8, 4) is 0 Å². The van der Waals surface area contributed by atoms with Crippen LogP contribution in [0.3, 0.4) is 0 Å². The second-order valence-electron chi connectivity index (χ2n) is 4.87. The van der Waals surface area contributed by atoms with Crippen molar-refractivity contribution in [2.75, 3.05) is 0 Å². The van der Waals surface area contributed by atoms with Gasteiger partial charge in [-0.15, -0.1) is 0 Å². The molecule has 1 fully saturated rings. The molecular weight excluding hydrogens is 150 g/mol. The standard InChI is InChI=1S/C10H19NO/c1-7(10(2,3)4)11-9(12)8-5-6-8/h7-8H,5-6H2,1-4H3,(H,11,12). The third kappa shape index (κ3) is 2.50. The first-order chi connectivity index (χ1) is 5.41.